The van der Waals surface area contributed by atoms with Gasteiger partial charge in [-0.3, -0.25) is 0 Å². The van der Waals surface area contributed by atoms with Crippen LogP contribution in [0.15, 0.2) is 0 Å². The van der Waals surface area contributed by atoms with Gasteiger partial charge in [0.15, 0.2) is 0 Å². The molecular formula is C19H23F17. The van der Waals surface area contributed by atoms with Gasteiger partial charge in [-0.15, -0.1) is 0 Å². The molecule has 36 heavy (non-hydrogen) atoms. The van der Waals surface area contributed by atoms with Crippen LogP contribution >= 0.6 is 0 Å². The van der Waals surface area contributed by atoms with Crippen LogP contribution in [-0.2, 0) is 0 Å². The fraction of sp³-hybridized carbons (Fsp3) is 1.00. The van der Waals surface area contributed by atoms with Crippen molar-refractivity contribution in [3.63, 3.8) is 0 Å². The molecule has 0 aliphatic rings. The Hall–Kier alpha value is -1.19. The van der Waals surface area contributed by atoms with Gasteiger partial charge in [-0.05, 0) is 6.42 Å². The Morgan fingerprint density at radius 1 is 0.333 bits per heavy atom. The minimum atomic E-state index is -8.57. The van der Waals surface area contributed by atoms with E-state index in [4.69, 9.17) is 0 Å². The molecule has 0 radical (unpaired) electrons. The Bertz CT molecular complexity index is 678. The number of rotatable bonds is 16. The highest BCUT2D eigenvalue weighted by molar-refractivity contribution is 5.15. The molecule has 0 atom stereocenters. The van der Waals surface area contributed by atoms with E-state index in [0.717, 1.165) is 25.7 Å². The van der Waals surface area contributed by atoms with Crippen LogP contribution in [0.1, 0.15) is 71.1 Å². The maximum absolute atomic E-state index is 13.7. The first-order valence-corrected chi connectivity index (χ1v) is 10.5. The highest BCUT2D eigenvalue weighted by atomic mass is 19.4. The lowest BCUT2D eigenvalue weighted by Crippen LogP contribution is -2.74. The van der Waals surface area contributed by atoms with Crippen LogP contribution in [0, 0.1) is 0 Å². The molecule has 17 heteroatoms. The monoisotopic (exact) mass is 574 g/mol. The van der Waals surface area contributed by atoms with Crippen LogP contribution in [0.25, 0.3) is 0 Å². The Kier molecular flexibility index (Phi) is 10.9. The van der Waals surface area contributed by atoms with E-state index in [0.29, 0.717) is 12.8 Å². The highest BCUT2D eigenvalue weighted by Crippen LogP contribution is 2.64. The zero-order valence-corrected chi connectivity index (χ0v) is 18.5. The SMILES string of the molecule is CCCCCCCCCCCC(F)(F)C(F)(F)C(F)(F)C(F)(F)C(F)(F)C(F)(F)C(F)(F)C(F)(F)F. The molecule has 0 bridgehead atoms. The summed E-state index contributed by atoms with van der Waals surface area (Å²) in [5.74, 6) is -55.7. The summed E-state index contributed by atoms with van der Waals surface area (Å²) < 4.78 is 224. The van der Waals surface area contributed by atoms with Gasteiger partial charge >= 0.3 is 47.6 Å². The van der Waals surface area contributed by atoms with Gasteiger partial charge in [0.2, 0.25) is 0 Å². The summed E-state index contributed by atoms with van der Waals surface area (Å²) in [5, 5.41) is 0. The molecule has 0 aliphatic heterocycles. The van der Waals surface area contributed by atoms with Crippen LogP contribution in [0.4, 0.5) is 74.6 Å². The second-order valence-corrected chi connectivity index (χ2v) is 8.23. The van der Waals surface area contributed by atoms with E-state index in [-0.39, 0.29) is 12.8 Å². The fourth-order valence-corrected chi connectivity index (χ4v) is 3.01. The molecule has 0 aromatic rings. The van der Waals surface area contributed by atoms with Crippen molar-refractivity contribution in [3.8, 4) is 0 Å². The van der Waals surface area contributed by atoms with E-state index in [9.17, 15) is 74.6 Å². The lowest BCUT2D eigenvalue weighted by atomic mass is 9.87. The van der Waals surface area contributed by atoms with Crippen molar-refractivity contribution < 1.29 is 74.6 Å². The van der Waals surface area contributed by atoms with Gasteiger partial charge in [-0.1, -0.05) is 58.3 Å². The normalized spacial score (nSPS) is 15.5. The smallest absolute Gasteiger partial charge is 0.200 e. The largest absolute Gasteiger partial charge is 0.460 e. The third-order valence-corrected chi connectivity index (χ3v) is 5.38. The van der Waals surface area contributed by atoms with Gasteiger partial charge in [0.1, 0.15) is 0 Å². The molecule has 0 aromatic carbocycles. The maximum atomic E-state index is 13.7. The van der Waals surface area contributed by atoms with E-state index < -0.39 is 60.5 Å². The average molecular weight is 574 g/mol. The molecule has 0 spiro atoms. The molecule has 0 fully saturated rings. The number of halogens is 17. The third kappa shape index (κ3) is 6.09. The Morgan fingerprint density at radius 3 is 0.944 bits per heavy atom. The lowest BCUT2D eigenvalue weighted by Gasteiger charge is -2.42. The third-order valence-electron chi connectivity index (χ3n) is 5.38. The Labute approximate surface area is 194 Å². The molecule has 0 rings (SSSR count). The molecule has 0 N–H and O–H groups in total. The van der Waals surface area contributed by atoms with Crippen LogP contribution in [0.5, 0.6) is 0 Å². The molecule has 0 amide bonds. The molecule has 0 unspecified atom stereocenters. The van der Waals surface area contributed by atoms with Crippen molar-refractivity contribution in [3.05, 3.63) is 0 Å². The van der Waals surface area contributed by atoms with Crippen LogP contribution in [-0.4, -0.2) is 47.6 Å². The van der Waals surface area contributed by atoms with Crippen molar-refractivity contribution in [2.75, 3.05) is 0 Å². The first kappa shape index (κ1) is 34.8. The van der Waals surface area contributed by atoms with Crippen molar-refractivity contribution in [1.29, 1.82) is 0 Å². The highest BCUT2D eigenvalue weighted by Gasteiger charge is 2.95. The van der Waals surface area contributed by atoms with Gasteiger partial charge in [0.05, 0.1) is 0 Å². The van der Waals surface area contributed by atoms with Crippen LogP contribution in [0.2, 0.25) is 0 Å². The van der Waals surface area contributed by atoms with Gasteiger partial charge in [0, 0.05) is 6.42 Å². The number of unbranched alkanes of at least 4 members (excludes halogenated alkanes) is 8. The summed E-state index contributed by atoms with van der Waals surface area (Å²) in [7, 11) is 0. The number of hydrogen-bond acceptors (Lipinski definition) is 0. The first-order valence-electron chi connectivity index (χ1n) is 10.5. The molecule has 218 valence electrons. The topological polar surface area (TPSA) is 0 Å². The van der Waals surface area contributed by atoms with Crippen molar-refractivity contribution in [1.82, 2.24) is 0 Å². The summed E-state index contributed by atoms with van der Waals surface area (Å²) in [6.07, 6.45) is -7.02. The van der Waals surface area contributed by atoms with Gasteiger partial charge in [-0.2, -0.15) is 74.6 Å². The second-order valence-electron chi connectivity index (χ2n) is 8.23. The standard InChI is InChI=1S/C19H23F17/c1-2-3-4-5-6-7-8-9-10-11-12(20,21)13(22,23)14(24,25)15(26,27)16(28,29)17(30,31)18(32,33)19(34,35)36/h2-11H2,1H3. The van der Waals surface area contributed by atoms with E-state index in [1.807, 2.05) is 6.92 Å². The summed E-state index contributed by atoms with van der Waals surface area (Å²) >= 11 is 0. The number of hydrogen-bond donors (Lipinski definition) is 0. The molecule has 0 aliphatic carbocycles. The van der Waals surface area contributed by atoms with E-state index in [1.165, 1.54) is 0 Å². The molecule has 0 saturated carbocycles. The zero-order valence-electron chi connectivity index (χ0n) is 18.5. The van der Waals surface area contributed by atoms with Gasteiger partial charge in [0.25, 0.3) is 0 Å². The summed E-state index contributed by atoms with van der Waals surface area (Å²) in [6.45, 7) is 1.92. The Balaban J connectivity index is 5.71. The quantitative estimate of drug-likeness (QED) is 0.127. The summed E-state index contributed by atoms with van der Waals surface area (Å²) in [6, 6.07) is 0. The van der Waals surface area contributed by atoms with E-state index in [1.54, 1.807) is 0 Å². The molecule has 0 nitrogen and oxygen atoms in total. The van der Waals surface area contributed by atoms with Crippen LogP contribution < -0.4 is 0 Å². The zero-order chi connectivity index (χ0) is 29.1. The van der Waals surface area contributed by atoms with Crippen LogP contribution in [0.3, 0.4) is 0 Å². The minimum Gasteiger partial charge on any atom is -0.200 e. The fourth-order valence-electron chi connectivity index (χ4n) is 3.01. The first-order chi connectivity index (χ1) is 15.8. The predicted molar refractivity (Wildman–Crippen MR) is 92.5 cm³/mol. The van der Waals surface area contributed by atoms with Gasteiger partial charge in [-0.25, -0.2) is 0 Å². The molecule has 0 heterocycles. The predicted octanol–water partition coefficient (Wildman–Crippen LogP) is 9.92. The van der Waals surface area contributed by atoms with Gasteiger partial charge < -0.3 is 0 Å². The van der Waals surface area contributed by atoms with E-state index >= 15 is 0 Å². The average Bonchev–Trinajstić information content (AvgIpc) is 2.70. The van der Waals surface area contributed by atoms with Crippen molar-refractivity contribution >= 4 is 0 Å². The van der Waals surface area contributed by atoms with Crippen molar-refractivity contribution in [2.24, 2.45) is 0 Å². The second kappa shape index (κ2) is 11.3. The molecular weight excluding hydrogens is 551 g/mol. The summed E-state index contributed by atoms with van der Waals surface area (Å²) in [4.78, 5) is 0. The number of alkyl halides is 17. The lowest BCUT2D eigenvalue weighted by molar-refractivity contribution is -0.461. The summed E-state index contributed by atoms with van der Waals surface area (Å²) in [5.41, 5.74) is 0. The molecule has 0 saturated heterocycles. The Morgan fingerprint density at radius 2 is 0.611 bits per heavy atom. The maximum Gasteiger partial charge on any atom is 0.460 e. The minimum absolute atomic E-state index is 0.0944. The van der Waals surface area contributed by atoms with E-state index in [2.05, 4.69) is 0 Å². The molecule has 0 aromatic heterocycles. The van der Waals surface area contributed by atoms with Crippen molar-refractivity contribution in [2.45, 2.75) is 119 Å².